The number of hydrogen-bond acceptors (Lipinski definition) is 5. The summed E-state index contributed by atoms with van der Waals surface area (Å²) in [6.45, 7) is 0.331. The van der Waals surface area contributed by atoms with Crippen LogP contribution in [0.25, 0.3) is 9.53 Å². The van der Waals surface area contributed by atoms with E-state index in [4.69, 9.17) is 5.11 Å². The van der Waals surface area contributed by atoms with Gasteiger partial charge in [-0.3, -0.25) is 10.1 Å². The smallest absolute Gasteiger partial charge is 0.321 e. The molecule has 18 heavy (non-hydrogen) atoms. The Morgan fingerprint density at radius 1 is 1.44 bits per heavy atom. The molecule has 2 heterocycles. The Hall–Kier alpha value is -1.67. The van der Waals surface area contributed by atoms with Gasteiger partial charge in [0.05, 0.1) is 5.52 Å². The molecular formula is C10H11N3O3S2. The number of nitrogens with zero attached hydrogens (tertiary/aromatic N) is 1. The molecule has 0 fully saturated rings. The number of anilines is 1. The van der Waals surface area contributed by atoms with Crippen LogP contribution in [0.4, 0.5) is 9.93 Å². The van der Waals surface area contributed by atoms with Gasteiger partial charge < -0.3 is 10.4 Å². The lowest BCUT2D eigenvalue weighted by atomic mass is 10.3. The Kier molecular flexibility index (Phi) is 4.11. The van der Waals surface area contributed by atoms with Crippen molar-refractivity contribution < 1.29 is 14.7 Å². The number of aliphatic carboxylic acids is 1. The maximum absolute atomic E-state index is 11.5. The minimum atomic E-state index is -0.864. The summed E-state index contributed by atoms with van der Waals surface area (Å²) in [5.74, 6) is -0.864. The molecule has 8 heteroatoms. The van der Waals surface area contributed by atoms with Crippen LogP contribution in [0, 0.1) is 0 Å². The number of nitrogens with one attached hydrogen (secondary N) is 2. The van der Waals surface area contributed by atoms with Gasteiger partial charge in [0.25, 0.3) is 0 Å². The molecule has 0 aliphatic carbocycles. The number of hydrogen-bond donors (Lipinski definition) is 3. The summed E-state index contributed by atoms with van der Waals surface area (Å²) in [6, 6.07) is 1.54. The van der Waals surface area contributed by atoms with E-state index in [9.17, 15) is 9.59 Å². The van der Waals surface area contributed by atoms with Gasteiger partial charge in [-0.05, 0) is 17.9 Å². The molecule has 0 radical (unpaired) electrons. The fraction of sp³-hybridized carbons (Fsp3) is 0.300. The number of rotatable bonds is 5. The molecule has 96 valence electrons. The third kappa shape index (κ3) is 3.41. The van der Waals surface area contributed by atoms with E-state index >= 15 is 0 Å². The Morgan fingerprint density at radius 3 is 3.00 bits per heavy atom. The lowest BCUT2D eigenvalue weighted by Crippen LogP contribution is -2.29. The minimum Gasteiger partial charge on any atom is -0.481 e. The predicted octanol–water partition coefficient (Wildman–Crippen LogP) is 2.34. The summed E-state index contributed by atoms with van der Waals surface area (Å²) < 4.78 is 1.07. The molecular weight excluding hydrogens is 274 g/mol. The largest absolute Gasteiger partial charge is 0.481 e. The second kappa shape index (κ2) is 5.78. The van der Waals surface area contributed by atoms with Crippen molar-refractivity contribution in [2.75, 3.05) is 11.9 Å². The zero-order valence-electron chi connectivity index (χ0n) is 9.30. The van der Waals surface area contributed by atoms with Crippen LogP contribution in [0.5, 0.6) is 0 Å². The van der Waals surface area contributed by atoms with Crippen molar-refractivity contribution in [3.63, 3.8) is 0 Å². The first-order valence-electron chi connectivity index (χ1n) is 5.26. The van der Waals surface area contributed by atoms with Crippen LogP contribution < -0.4 is 10.6 Å². The van der Waals surface area contributed by atoms with E-state index in [2.05, 4.69) is 15.6 Å². The van der Waals surface area contributed by atoms with Crippen molar-refractivity contribution in [3.8, 4) is 0 Å². The van der Waals surface area contributed by atoms with Crippen molar-refractivity contribution in [2.45, 2.75) is 12.8 Å². The van der Waals surface area contributed by atoms with Crippen molar-refractivity contribution in [3.05, 3.63) is 11.4 Å². The number of fused-ring (bicyclic) bond motifs is 1. The monoisotopic (exact) mass is 285 g/mol. The Labute approximate surface area is 111 Å². The molecule has 0 unspecified atom stereocenters. The molecule has 2 aromatic heterocycles. The van der Waals surface area contributed by atoms with Crippen LogP contribution in [0.3, 0.4) is 0 Å². The van der Waals surface area contributed by atoms with Crippen LogP contribution in [0.15, 0.2) is 11.4 Å². The predicted molar refractivity (Wildman–Crippen MR) is 71.4 cm³/mol. The number of carboxylic acids is 1. The van der Waals surface area contributed by atoms with E-state index in [1.807, 2.05) is 11.4 Å². The summed E-state index contributed by atoms with van der Waals surface area (Å²) in [5.41, 5.74) is 0.881. The van der Waals surface area contributed by atoms with Crippen molar-refractivity contribution in [1.82, 2.24) is 10.3 Å². The number of carbonyl (C=O) groups is 2. The molecule has 6 nitrogen and oxygen atoms in total. The van der Waals surface area contributed by atoms with Gasteiger partial charge in [-0.1, -0.05) is 11.3 Å². The Morgan fingerprint density at radius 2 is 2.28 bits per heavy atom. The third-order valence-electron chi connectivity index (χ3n) is 2.09. The minimum absolute atomic E-state index is 0.0489. The van der Waals surface area contributed by atoms with Crippen LogP contribution in [0.2, 0.25) is 0 Å². The number of urea groups is 1. The highest BCUT2D eigenvalue weighted by atomic mass is 32.2. The van der Waals surface area contributed by atoms with Crippen molar-refractivity contribution >= 4 is 49.3 Å². The highest BCUT2D eigenvalue weighted by Gasteiger charge is 2.07. The van der Waals surface area contributed by atoms with Crippen LogP contribution in [-0.2, 0) is 4.79 Å². The van der Waals surface area contributed by atoms with E-state index in [1.54, 1.807) is 11.3 Å². The Bertz CT molecular complexity index is 535. The van der Waals surface area contributed by atoms with Gasteiger partial charge in [-0.25, -0.2) is 9.78 Å². The van der Waals surface area contributed by atoms with Gasteiger partial charge in [0.2, 0.25) is 0 Å². The molecule has 0 aromatic carbocycles. The highest BCUT2D eigenvalue weighted by Crippen LogP contribution is 2.30. The fourth-order valence-corrected chi connectivity index (χ4v) is 3.14. The molecule has 0 aliphatic rings. The molecule has 2 aromatic rings. The summed E-state index contributed by atoms with van der Waals surface area (Å²) in [4.78, 5) is 26.0. The van der Waals surface area contributed by atoms with Gasteiger partial charge in [0.1, 0.15) is 4.01 Å². The first-order valence-corrected chi connectivity index (χ1v) is 6.95. The van der Waals surface area contributed by atoms with Crippen LogP contribution >= 0.6 is 22.7 Å². The number of aromatic nitrogens is 1. The van der Waals surface area contributed by atoms with E-state index in [0.717, 1.165) is 9.53 Å². The molecule has 3 N–H and O–H groups in total. The van der Waals surface area contributed by atoms with E-state index in [-0.39, 0.29) is 12.5 Å². The van der Waals surface area contributed by atoms with Crippen LogP contribution in [0.1, 0.15) is 12.8 Å². The molecule has 0 saturated carbocycles. The molecule has 2 amide bonds. The van der Waals surface area contributed by atoms with Gasteiger partial charge in [0, 0.05) is 13.0 Å². The number of amides is 2. The second-order valence-corrected chi connectivity index (χ2v) is 5.66. The van der Waals surface area contributed by atoms with Crippen molar-refractivity contribution in [2.24, 2.45) is 0 Å². The number of thiophene rings is 1. The molecule has 0 bridgehead atoms. The molecule has 0 spiro atoms. The average Bonchev–Trinajstić information content (AvgIpc) is 2.84. The summed E-state index contributed by atoms with van der Waals surface area (Å²) in [7, 11) is 0. The molecule has 0 aliphatic heterocycles. The van der Waals surface area contributed by atoms with E-state index in [1.165, 1.54) is 11.3 Å². The maximum Gasteiger partial charge on any atom is 0.321 e. The summed E-state index contributed by atoms with van der Waals surface area (Å²) >= 11 is 3.00. The fourth-order valence-electron chi connectivity index (χ4n) is 1.30. The van der Waals surface area contributed by atoms with Crippen molar-refractivity contribution in [1.29, 1.82) is 0 Å². The SMILES string of the molecule is O=C(O)CCCNC(=O)Nc1nc2ccsc2s1. The molecule has 2 rings (SSSR count). The summed E-state index contributed by atoms with van der Waals surface area (Å²) in [6.07, 6.45) is 0.461. The first kappa shape index (κ1) is 12.8. The molecule has 0 atom stereocenters. The average molecular weight is 285 g/mol. The van der Waals surface area contributed by atoms with Gasteiger partial charge in [0.15, 0.2) is 5.13 Å². The lowest BCUT2D eigenvalue weighted by molar-refractivity contribution is -0.137. The number of thiazole rings is 1. The lowest BCUT2D eigenvalue weighted by Gasteiger charge is -2.03. The first-order chi connectivity index (χ1) is 8.65. The molecule has 0 saturated heterocycles. The topological polar surface area (TPSA) is 91.3 Å². The highest BCUT2D eigenvalue weighted by molar-refractivity contribution is 7.39. The maximum atomic E-state index is 11.5. The third-order valence-corrected chi connectivity index (χ3v) is 4.11. The Balaban J connectivity index is 1.77. The second-order valence-electron chi connectivity index (χ2n) is 3.49. The zero-order valence-corrected chi connectivity index (χ0v) is 10.9. The zero-order chi connectivity index (χ0) is 13.0. The van der Waals surface area contributed by atoms with Gasteiger partial charge >= 0.3 is 12.0 Å². The number of carbonyl (C=O) groups excluding carboxylic acids is 1. The van der Waals surface area contributed by atoms with Crippen LogP contribution in [-0.4, -0.2) is 28.6 Å². The quantitative estimate of drug-likeness (QED) is 0.735. The van der Waals surface area contributed by atoms with E-state index < -0.39 is 5.97 Å². The van der Waals surface area contributed by atoms with E-state index in [0.29, 0.717) is 18.1 Å². The normalized spacial score (nSPS) is 10.4. The number of carboxylic acid groups (broad SMARTS) is 1. The standard InChI is InChI=1S/C10H11N3O3S2/c14-7(15)2-1-4-11-9(16)13-10-12-6-3-5-17-8(6)18-10/h3,5H,1-2,4H2,(H,14,15)(H2,11,12,13,16). The summed E-state index contributed by atoms with van der Waals surface area (Å²) in [5, 5.41) is 16.1. The van der Waals surface area contributed by atoms with Gasteiger partial charge in [-0.2, -0.15) is 0 Å². The van der Waals surface area contributed by atoms with Gasteiger partial charge in [-0.15, -0.1) is 11.3 Å².